The van der Waals surface area contributed by atoms with Crippen molar-refractivity contribution in [2.24, 2.45) is 5.11 Å². The first-order chi connectivity index (χ1) is 8.13. The van der Waals surface area contributed by atoms with E-state index in [0.717, 1.165) is 10.4 Å². The molecule has 0 aliphatic carbocycles. The van der Waals surface area contributed by atoms with E-state index in [-0.39, 0.29) is 11.8 Å². The van der Waals surface area contributed by atoms with Crippen LogP contribution in [0.3, 0.4) is 0 Å². The van der Waals surface area contributed by atoms with Crippen LogP contribution >= 0.6 is 22.9 Å². The molecule has 2 aromatic rings. The molecule has 1 aromatic carbocycles. The molecule has 5 heteroatoms. The third kappa shape index (κ3) is 2.33. The molecule has 88 valence electrons. The third-order valence-corrected chi connectivity index (χ3v) is 3.83. The number of aromatic hydroxyl groups is 1. The molecule has 0 fully saturated rings. The van der Waals surface area contributed by atoms with Gasteiger partial charge in [-0.05, 0) is 24.6 Å². The maximum Gasteiger partial charge on any atom is 0.139 e. The molecular formula is C12H11ClN2OS. The molecule has 1 atom stereocenters. The maximum absolute atomic E-state index is 10.1. The summed E-state index contributed by atoms with van der Waals surface area (Å²) < 4.78 is 0. The first-order valence-corrected chi connectivity index (χ1v) is 6.32. The lowest BCUT2D eigenvalue weighted by atomic mass is 10.1. The number of nitrogens with one attached hydrogen (secondary N) is 1. The van der Waals surface area contributed by atoms with Crippen molar-refractivity contribution in [1.82, 2.24) is 0 Å². The molecule has 2 N–H and O–H groups in total. The van der Waals surface area contributed by atoms with Gasteiger partial charge in [0.15, 0.2) is 0 Å². The SMILES string of the molecule is CC(N=N)c1csc(-c2ccc(Cl)cc2)c1O. The second kappa shape index (κ2) is 4.85. The number of benzene rings is 1. The maximum atomic E-state index is 10.1. The molecule has 0 bridgehead atoms. The summed E-state index contributed by atoms with van der Waals surface area (Å²) in [7, 11) is 0. The van der Waals surface area contributed by atoms with Crippen LogP contribution in [-0.4, -0.2) is 5.11 Å². The van der Waals surface area contributed by atoms with Crippen LogP contribution in [0.5, 0.6) is 5.75 Å². The van der Waals surface area contributed by atoms with Crippen molar-refractivity contribution in [2.75, 3.05) is 0 Å². The van der Waals surface area contributed by atoms with Crippen LogP contribution in [0.15, 0.2) is 34.8 Å². The highest BCUT2D eigenvalue weighted by Crippen LogP contribution is 2.41. The second-order valence-electron chi connectivity index (χ2n) is 3.68. The third-order valence-electron chi connectivity index (χ3n) is 2.54. The molecule has 0 aliphatic heterocycles. The van der Waals surface area contributed by atoms with Crippen LogP contribution in [-0.2, 0) is 0 Å². The highest BCUT2D eigenvalue weighted by Gasteiger charge is 2.16. The van der Waals surface area contributed by atoms with Crippen LogP contribution in [0, 0.1) is 5.53 Å². The Hall–Kier alpha value is -1.39. The van der Waals surface area contributed by atoms with Crippen LogP contribution in [0.2, 0.25) is 5.02 Å². The molecule has 1 unspecified atom stereocenters. The summed E-state index contributed by atoms with van der Waals surface area (Å²) in [5.74, 6) is 0.209. The van der Waals surface area contributed by atoms with Crippen molar-refractivity contribution >= 4 is 22.9 Å². The predicted octanol–water partition coefficient (Wildman–Crippen LogP) is 4.87. The van der Waals surface area contributed by atoms with E-state index < -0.39 is 0 Å². The van der Waals surface area contributed by atoms with E-state index in [0.29, 0.717) is 10.6 Å². The highest BCUT2D eigenvalue weighted by molar-refractivity contribution is 7.14. The van der Waals surface area contributed by atoms with Gasteiger partial charge in [-0.2, -0.15) is 5.11 Å². The van der Waals surface area contributed by atoms with Gasteiger partial charge < -0.3 is 5.11 Å². The minimum Gasteiger partial charge on any atom is -0.506 e. The Labute approximate surface area is 108 Å². The number of halogens is 1. The molecule has 0 saturated heterocycles. The van der Waals surface area contributed by atoms with E-state index in [1.807, 2.05) is 17.5 Å². The Balaban J connectivity index is 2.43. The summed E-state index contributed by atoms with van der Waals surface area (Å²) in [5.41, 5.74) is 8.59. The van der Waals surface area contributed by atoms with Crippen LogP contribution < -0.4 is 0 Å². The number of hydrogen-bond donors (Lipinski definition) is 2. The van der Waals surface area contributed by atoms with Gasteiger partial charge in [-0.25, -0.2) is 5.53 Å². The van der Waals surface area contributed by atoms with Gasteiger partial charge in [-0.3, -0.25) is 0 Å². The summed E-state index contributed by atoms with van der Waals surface area (Å²) in [5, 5.41) is 16.0. The summed E-state index contributed by atoms with van der Waals surface area (Å²) in [4.78, 5) is 0.784. The molecule has 2 rings (SSSR count). The molecule has 0 aliphatic rings. The van der Waals surface area contributed by atoms with E-state index in [1.165, 1.54) is 11.3 Å². The minimum atomic E-state index is -0.313. The average molecular weight is 267 g/mol. The van der Waals surface area contributed by atoms with Crippen molar-refractivity contribution in [3.8, 4) is 16.2 Å². The fourth-order valence-electron chi connectivity index (χ4n) is 1.54. The molecule has 0 spiro atoms. The van der Waals surface area contributed by atoms with Crippen LogP contribution in [0.25, 0.3) is 10.4 Å². The highest BCUT2D eigenvalue weighted by atomic mass is 35.5. The molecule has 0 radical (unpaired) electrons. The molecular weight excluding hydrogens is 256 g/mol. The van der Waals surface area contributed by atoms with Gasteiger partial charge in [-0.15, -0.1) is 11.3 Å². The summed E-state index contributed by atoms with van der Waals surface area (Å²) >= 11 is 7.26. The zero-order valence-corrected chi connectivity index (χ0v) is 10.7. The van der Waals surface area contributed by atoms with Gasteiger partial charge in [0.1, 0.15) is 5.75 Å². The van der Waals surface area contributed by atoms with Crippen molar-refractivity contribution in [1.29, 1.82) is 5.53 Å². The van der Waals surface area contributed by atoms with Crippen LogP contribution in [0.1, 0.15) is 18.5 Å². The molecule has 3 nitrogen and oxygen atoms in total. The normalized spacial score (nSPS) is 12.4. The average Bonchev–Trinajstić information content (AvgIpc) is 2.71. The fourth-order valence-corrected chi connectivity index (χ4v) is 2.72. The first-order valence-electron chi connectivity index (χ1n) is 5.06. The zero-order chi connectivity index (χ0) is 12.4. The first kappa shape index (κ1) is 12.1. The Morgan fingerprint density at radius 3 is 2.59 bits per heavy atom. The lowest BCUT2D eigenvalue weighted by Crippen LogP contribution is -1.85. The predicted molar refractivity (Wildman–Crippen MR) is 70.0 cm³/mol. The van der Waals surface area contributed by atoms with E-state index in [4.69, 9.17) is 17.1 Å². The van der Waals surface area contributed by atoms with E-state index in [9.17, 15) is 5.11 Å². The quantitative estimate of drug-likeness (QED) is 0.766. The number of rotatable bonds is 3. The number of hydrogen-bond acceptors (Lipinski definition) is 4. The van der Waals surface area contributed by atoms with Gasteiger partial charge in [0.25, 0.3) is 0 Å². The topological polar surface area (TPSA) is 56.4 Å². The lowest BCUT2D eigenvalue weighted by Gasteiger charge is -2.03. The van der Waals surface area contributed by atoms with Crippen molar-refractivity contribution in [3.63, 3.8) is 0 Å². The summed E-state index contributed by atoms with van der Waals surface area (Å²) in [6.07, 6.45) is 0. The van der Waals surface area contributed by atoms with Gasteiger partial charge in [0.05, 0.1) is 10.9 Å². The molecule has 0 amide bonds. The second-order valence-corrected chi connectivity index (χ2v) is 5.00. The van der Waals surface area contributed by atoms with E-state index in [1.54, 1.807) is 19.1 Å². The van der Waals surface area contributed by atoms with Crippen molar-refractivity contribution < 1.29 is 5.11 Å². The zero-order valence-electron chi connectivity index (χ0n) is 9.14. The van der Waals surface area contributed by atoms with Gasteiger partial charge in [-0.1, -0.05) is 23.7 Å². The summed E-state index contributed by atoms with van der Waals surface area (Å²) in [6.45, 7) is 1.78. The lowest BCUT2D eigenvalue weighted by molar-refractivity contribution is 0.467. The Morgan fingerprint density at radius 2 is 2.00 bits per heavy atom. The Bertz CT molecular complexity index is 536. The van der Waals surface area contributed by atoms with Gasteiger partial charge >= 0.3 is 0 Å². The number of nitrogens with zero attached hydrogens (tertiary/aromatic N) is 1. The fraction of sp³-hybridized carbons (Fsp3) is 0.167. The Morgan fingerprint density at radius 1 is 1.35 bits per heavy atom. The summed E-state index contributed by atoms with van der Waals surface area (Å²) in [6, 6.07) is 6.98. The van der Waals surface area contributed by atoms with E-state index >= 15 is 0 Å². The van der Waals surface area contributed by atoms with Gasteiger partial charge in [0, 0.05) is 16.0 Å². The number of thiophene rings is 1. The largest absolute Gasteiger partial charge is 0.506 e. The van der Waals surface area contributed by atoms with E-state index in [2.05, 4.69) is 5.11 Å². The van der Waals surface area contributed by atoms with Gasteiger partial charge in [0.2, 0.25) is 0 Å². The standard InChI is InChI=1S/C12H11ClN2OS/c1-7(15-14)10-6-17-12(11(10)16)8-2-4-9(13)5-3-8/h2-7,14,16H,1H3. The van der Waals surface area contributed by atoms with Crippen molar-refractivity contribution in [2.45, 2.75) is 13.0 Å². The smallest absolute Gasteiger partial charge is 0.139 e. The molecule has 1 heterocycles. The Kier molecular flexibility index (Phi) is 3.45. The molecule has 1 aromatic heterocycles. The van der Waals surface area contributed by atoms with Crippen molar-refractivity contribution in [3.05, 3.63) is 40.2 Å². The monoisotopic (exact) mass is 266 g/mol. The molecule has 0 saturated carbocycles. The molecule has 17 heavy (non-hydrogen) atoms. The minimum absolute atomic E-state index is 0.209. The van der Waals surface area contributed by atoms with Crippen LogP contribution in [0.4, 0.5) is 0 Å².